The number of rotatable bonds is 7. The lowest BCUT2D eigenvalue weighted by molar-refractivity contribution is 1.21. The molecule has 232 valence electrons. The molecule has 49 heavy (non-hydrogen) atoms. The smallest absolute Gasteiger partial charge is 0.138 e. The molecule has 8 rings (SSSR count). The lowest BCUT2D eigenvalue weighted by Crippen LogP contribution is -2.27. The van der Waals surface area contributed by atoms with E-state index in [0.29, 0.717) is 11.5 Å². The molecule has 0 fully saturated rings. The molecule has 0 amide bonds. The molecule has 4 aromatic carbocycles. The Hall–Kier alpha value is -6.79. The van der Waals surface area contributed by atoms with E-state index < -0.39 is 0 Å². The van der Waals surface area contributed by atoms with Crippen LogP contribution in [0, 0.1) is 5.41 Å². The number of nitrogens with zero attached hydrogens (tertiary/aromatic N) is 4. The van der Waals surface area contributed by atoms with Crippen molar-refractivity contribution in [1.29, 1.82) is 5.41 Å². The second-order valence-corrected chi connectivity index (χ2v) is 11.7. The maximum absolute atomic E-state index is 8.85. The van der Waals surface area contributed by atoms with Gasteiger partial charge in [-0.3, -0.25) is 9.97 Å². The molecule has 0 atom stereocenters. The van der Waals surface area contributed by atoms with Crippen molar-refractivity contribution in [3.63, 3.8) is 0 Å². The number of aliphatic imine (C=N–C) groups is 1. The zero-order valence-electron chi connectivity index (χ0n) is 26.5. The van der Waals surface area contributed by atoms with Crippen LogP contribution in [0.5, 0.6) is 0 Å². The summed E-state index contributed by atoms with van der Waals surface area (Å²) in [6.07, 6.45) is 5.48. The first-order valence-corrected chi connectivity index (χ1v) is 16.0. The van der Waals surface area contributed by atoms with E-state index in [0.717, 1.165) is 73.1 Å². The topological polar surface area (TPSA) is 86.9 Å². The van der Waals surface area contributed by atoms with Gasteiger partial charge in [-0.05, 0) is 54.1 Å². The van der Waals surface area contributed by atoms with Gasteiger partial charge in [0.1, 0.15) is 5.84 Å². The van der Waals surface area contributed by atoms with Gasteiger partial charge in [-0.15, -0.1) is 0 Å². The van der Waals surface area contributed by atoms with Gasteiger partial charge in [0.15, 0.2) is 0 Å². The minimum Gasteiger partial charge on any atom is -0.339 e. The maximum atomic E-state index is 8.85. The van der Waals surface area contributed by atoms with Gasteiger partial charge in [-0.25, -0.2) is 9.98 Å². The van der Waals surface area contributed by atoms with E-state index in [1.54, 1.807) is 12.4 Å². The van der Waals surface area contributed by atoms with Gasteiger partial charge in [-0.2, -0.15) is 0 Å². The largest absolute Gasteiger partial charge is 0.339 e. The fourth-order valence-corrected chi connectivity index (χ4v) is 5.89. The Morgan fingerprint density at radius 1 is 0.510 bits per heavy atom. The quantitative estimate of drug-likeness (QED) is 0.172. The van der Waals surface area contributed by atoms with Crippen LogP contribution < -0.4 is 5.32 Å². The fourth-order valence-electron chi connectivity index (χ4n) is 5.89. The number of benzene rings is 4. The third-order valence-electron chi connectivity index (χ3n) is 8.43. The third kappa shape index (κ3) is 6.31. The number of nitrogens with one attached hydrogen (secondary N) is 2. The summed E-state index contributed by atoms with van der Waals surface area (Å²) < 4.78 is 0. The van der Waals surface area contributed by atoms with Gasteiger partial charge in [0, 0.05) is 45.8 Å². The summed E-state index contributed by atoms with van der Waals surface area (Å²) in [4.78, 5) is 19.3. The zero-order chi connectivity index (χ0) is 33.0. The highest BCUT2D eigenvalue weighted by atomic mass is 15.0. The standard InChI is InChI=1S/C43H30N6/c44-36(29-10-2-1-3-11-29)28-42-35-12-4-5-15-39(35)48-43(49-42)34-26-40(32-20-16-30(17-21-32)37-13-6-8-24-45-37)47-41(27-34)33-22-18-31(19-23-33)38-14-7-9-25-46-38/h1-28,44H,(H,48,49)/b42-28-,44-36?. The van der Waals surface area contributed by atoms with E-state index >= 15 is 0 Å². The Kier molecular flexibility index (Phi) is 7.94. The first-order valence-electron chi connectivity index (χ1n) is 16.0. The van der Waals surface area contributed by atoms with Crippen molar-refractivity contribution in [1.82, 2.24) is 20.3 Å². The van der Waals surface area contributed by atoms with Crippen molar-refractivity contribution in [2.75, 3.05) is 0 Å². The Morgan fingerprint density at radius 2 is 1.02 bits per heavy atom. The summed E-state index contributed by atoms with van der Waals surface area (Å²) in [5, 5.41) is 12.4. The van der Waals surface area contributed by atoms with E-state index in [1.165, 1.54) is 0 Å². The normalized spacial score (nSPS) is 12.9. The van der Waals surface area contributed by atoms with E-state index in [4.69, 9.17) is 15.4 Å². The van der Waals surface area contributed by atoms with Crippen LogP contribution in [0.2, 0.25) is 0 Å². The molecular formula is C43H30N6. The highest BCUT2D eigenvalue weighted by molar-refractivity contribution is 6.15. The van der Waals surface area contributed by atoms with Crippen LogP contribution in [0.4, 0.5) is 5.69 Å². The molecule has 0 unspecified atom stereocenters. The van der Waals surface area contributed by atoms with Crippen LogP contribution in [0.3, 0.4) is 0 Å². The Labute approximate surface area is 284 Å². The second-order valence-electron chi connectivity index (χ2n) is 11.7. The number of amidine groups is 1. The van der Waals surface area contributed by atoms with Gasteiger partial charge < -0.3 is 10.7 Å². The van der Waals surface area contributed by atoms with E-state index in [9.17, 15) is 0 Å². The summed E-state index contributed by atoms with van der Waals surface area (Å²) in [6.45, 7) is 0. The van der Waals surface area contributed by atoms with Crippen LogP contribution in [-0.2, 0) is 0 Å². The molecule has 1 aliphatic heterocycles. The van der Waals surface area contributed by atoms with Crippen molar-refractivity contribution in [3.8, 4) is 45.0 Å². The van der Waals surface area contributed by atoms with Crippen molar-refractivity contribution in [2.24, 2.45) is 4.99 Å². The first kappa shape index (κ1) is 29.6. The maximum Gasteiger partial charge on any atom is 0.138 e. The molecule has 1 aliphatic rings. The molecule has 2 N–H and O–H groups in total. The molecule has 7 aromatic rings. The van der Waals surface area contributed by atoms with E-state index in [1.807, 2.05) is 97.1 Å². The average Bonchev–Trinajstić information content (AvgIpc) is 3.19. The van der Waals surface area contributed by atoms with Crippen LogP contribution >= 0.6 is 0 Å². The van der Waals surface area contributed by atoms with Crippen molar-refractivity contribution in [2.45, 2.75) is 0 Å². The lowest BCUT2D eigenvalue weighted by Gasteiger charge is -2.22. The molecule has 6 nitrogen and oxygen atoms in total. The number of hydrogen-bond acceptors (Lipinski definition) is 6. The number of para-hydroxylation sites is 1. The molecule has 0 spiro atoms. The van der Waals surface area contributed by atoms with Crippen LogP contribution in [0.15, 0.2) is 175 Å². The highest BCUT2D eigenvalue weighted by Crippen LogP contribution is 2.33. The SMILES string of the molecule is N=C(/C=C1\NC(c2cc(-c3ccc(-c4ccccn4)cc3)nc(-c3ccc(-c4ccccn4)cc3)c2)=Nc2ccccc21)c1ccccc1. The average molecular weight is 631 g/mol. The number of pyridine rings is 3. The highest BCUT2D eigenvalue weighted by Gasteiger charge is 2.20. The van der Waals surface area contributed by atoms with Gasteiger partial charge >= 0.3 is 0 Å². The molecule has 3 aromatic heterocycles. The first-order chi connectivity index (χ1) is 24.2. The van der Waals surface area contributed by atoms with Crippen molar-refractivity contribution >= 4 is 22.9 Å². The van der Waals surface area contributed by atoms with Crippen molar-refractivity contribution < 1.29 is 0 Å². The molecule has 0 saturated carbocycles. The van der Waals surface area contributed by atoms with E-state index in [2.05, 4.69) is 75.9 Å². The Morgan fingerprint density at radius 3 is 1.57 bits per heavy atom. The summed E-state index contributed by atoms with van der Waals surface area (Å²) in [7, 11) is 0. The fraction of sp³-hybridized carbons (Fsp3) is 0. The minimum absolute atomic E-state index is 0.413. The second kappa shape index (κ2) is 13.1. The number of aromatic nitrogens is 3. The van der Waals surface area contributed by atoms with Crippen LogP contribution in [-0.4, -0.2) is 26.5 Å². The zero-order valence-corrected chi connectivity index (χ0v) is 26.5. The predicted octanol–water partition coefficient (Wildman–Crippen LogP) is 9.63. The Balaban J connectivity index is 1.22. The van der Waals surface area contributed by atoms with Gasteiger partial charge in [-0.1, -0.05) is 109 Å². The third-order valence-corrected chi connectivity index (χ3v) is 8.43. The molecule has 0 saturated heterocycles. The van der Waals surface area contributed by atoms with Crippen molar-refractivity contribution in [3.05, 3.63) is 187 Å². The molecule has 6 heteroatoms. The van der Waals surface area contributed by atoms with Gasteiger partial charge in [0.25, 0.3) is 0 Å². The van der Waals surface area contributed by atoms with Crippen LogP contribution in [0.25, 0.3) is 50.7 Å². The monoisotopic (exact) mass is 630 g/mol. The van der Waals surface area contributed by atoms with Gasteiger partial charge in [0.05, 0.1) is 39.9 Å². The molecule has 0 aliphatic carbocycles. The molecular weight excluding hydrogens is 601 g/mol. The van der Waals surface area contributed by atoms with E-state index in [-0.39, 0.29) is 0 Å². The molecule has 0 radical (unpaired) electrons. The summed E-state index contributed by atoms with van der Waals surface area (Å²) in [6, 6.07) is 50.4. The molecule has 0 bridgehead atoms. The summed E-state index contributed by atoms with van der Waals surface area (Å²) >= 11 is 0. The summed E-state index contributed by atoms with van der Waals surface area (Å²) in [5.74, 6) is 0.686. The summed E-state index contributed by atoms with van der Waals surface area (Å²) in [5.41, 5.74) is 12.2. The predicted molar refractivity (Wildman–Crippen MR) is 199 cm³/mol. The molecule has 4 heterocycles. The number of fused-ring (bicyclic) bond motifs is 1. The lowest BCUT2D eigenvalue weighted by atomic mass is 9.99. The number of hydrogen-bond donors (Lipinski definition) is 2. The Bertz CT molecular complexity index is 2230. The minimum atomic E-state index is 0.413. The number of allylic oxidation sites excluding steroid dienone is 1. The van der Waals surface area contributed by atoms with Crippen LogP contribution in [0.1, 0.15) is 16.7 Å². The van der Waals surface area contributed by atoms with Gasteiger partial charge in [0.2, 0.25) is 0 Å².